The predicted molar refractivity (Wildman–Crippen MR) is 96.9 cm³/mol. The zero-order valence-corrected chi connectivity index (χ0v) is 13.8. The normalized spacial score (nSPS) is 15.1. The number of nitrogens with zero attached hydrogens (tertiary/aromatic N) is 2. The lowest BCUT2D eigenvalue weighted by atomic mass is 9.85. The molecule has 24 heavy (non-hydrogen) atoms. The summed E-state index contributed by atoms with van der Waals surface area (Å²) in [4.78, 5) is 16.1. The molecule has 1 aromatic carbocycles. The van der Waals surface area contributed by atoms with Crippen LogP contribution >= 0.6 is 0 Å². The number of nitrogens with two attached hydrogens (primary N) is 1. The highest BCUT2D eigenvalue weighted by molar-refractivity contribution is 5.77. The second kappa shape index (κ2) is 7.81. The Morgan fingerprint density at radius 3 is 2.58 bits per heavy atom. The van der Waals surface area contributed by atoms with Gasteiger partial charge in [-0.15, -0.1) is 0 Å². The van der Waals surface area contributed by atoms with E-state index in [4.69, 9.17) is 5.73 Å². The van der Waals surface area contributed by atoms with Crippen molar-refractivity contribution in [2.24, 2.45) is 16.6 Å². The Morgan fingerprint density at radius 1 is 1.17 bits per heavy atom. The summed E-state index contributed by atoms with van der Waals surface area (Å²) in [6.45, 7) is 2.07. The van der Waals surface area contributed by atoms with Crippen molar-refractivity contribution in [3.8, 4) is 0 Å². The van der Waals surface area contributed by atoms with Crippen molar-refractivity contribution in [1.29, 1.82) is 0 Å². The molecular formula is C19H24N4O. The number of aliphatic imine (C=N–C) groups is 1. The third kappa shape index (κ3) is 4.47. The molecule has 1 aromatic heterocycles. The molecule has 1 fully saturated rings. The van der Waals surface area contributed by atoms with Crippen molar-refractivity contribution in [3.05, 3.63) is 70.1 Å². The zero-order chi connectivity index (χ0) is 16.8. The van der Waals surface area contributed by atoms with Crippen LogP contribution in [0.1, 0.15) is 30.4 Å². The van der Waals surface area contributed by atoms with E-state index in [0.29, 0.717) is 19.0 Å². The van der Waals surface area contributed by atoms with E-state index < -0.39 is 0 Å². The average molecular weight is 324 g/mol. The third-order valence-corrected chi connectivity index (χ3v) is 4.50. The van der Waals surface area contributed by atoms with Gasteiger partial charge in [-0.3, -0.25) is 4.79 Å². The molecule has 3 N–H and O–H groups in total. The van der Waals surface area contributed by atoms with Gasteiger partial charge in [-0.2, -0.15) is 0 Å². The van der Waals surface area contributed by atoms with Crippen LogP contribution in [0.2, 0.25) is 0 Å². The second-order valence-electron chi connectivity index (χ2n) is 6.36. The molecule has 2 aromatic rings. The summed E-state index contributed by atoms with van der Waals surface area (Å²) in [5.41, 5.74) is 8.10. The standard InChI is InChI=1S/C19H24N4O/c20-19(21-12-15-4-3-5-15)22-13-16-7-9-17(10-8-16)14-23-11-2-1-6-18(23)24/h1-2,6-11,15H,3-5,12-14H2,(H3,20,21,22). The van der Waals surface area contributed by atoms with Crippen molar-refractivity contribution in [2.75, 3.05) is 6.54 Å². The minimum atomic E-state index is 0.0106. The summed E-state index contributed by atoms with van der Waals surface area (Å²) in [7, 11) is 0. The van der Waals surface area contributed by atoms with Crippen LogP contribution in [0.15, 0.2) is 58.4 Å². The van der Waals surface area contributed by atoms with E-state index in [9.17, 15) is 4.79 Å². The summed E-state index contributed by atoms with van der Waals surface area (Å²) < 4.78 is 1.69. The van der Waals surface area contributed by atoms with Gasteiger partial charge in [0.25, 0.3) is 5.56 Å². The van der Waals surface area contributed by atoms with E-state index >= 15 is 0 Å². The van der Waals surface area contributed by atoms with Crippen molar-refractivity contribution in [1.82, 2.24) is 9.88 Å². The van der Waals surface area contributed by atoms with E-state index in [2.05, 4.69) is 10.3 Å². The predicted octanol–water partition coefficient (Wildman–Crippen LogP) is 2.10. The molecule has 0 spiro atoms. The number of benzene rings is 1. The van der Waals surface area contributed by atoms with Gasteiger partial charge in [0, 0.05) is 18.8 Å². The molecule has 0 saturated heterocycles. The molecule has 5 nitrogen and oxygen atoms in total. The van der Waals surface area contributed by atoms with E-state index in [1.807, 2.05) is 30.3 Å². The number of rotatable bonds is 6. The van der Waals surface area contributed by atoms with Gasteiger partial charge in [0.05, 0.1) is 13.1 Å². The van der Waals surface area contributed by atoms with Gasteiger partial charge in [0.1, 0.15) is 0 Å². The number of pyridine rings is 1. The molecular weight excluding hydrogens is 300 g/mol. The molecule has 5 heteroatoms. The largest absolute Gasteiger partial charge is 0.370 e. The topological polar surface area (TPSA) is 72.4 Å². The number of guanidine groups is 1. The van der Waals surface area contributed by atoms with Crippen LogP contribution in [0.25, 0.3) is 0 Å². The van der Waals surface area contributed by atoms with Crippen molar-refractivity contribution < 1.29 is 0 Å². The average Bonchev–Trinajstić information content (AvgIpc) is 2.55. The highest BCUT2D eigenvalue weighted by Gasteiger charge is 2.16. The Balaban J connectivity index is 1.52. The molecule has 1 saturated carbocycles. The lowest BCUT2D eigenvalue weighted by Crippen LogP contribution is -2.37. The molecule has 126 valence electrons. The summed E-state index contributed by atoms with van der Waals surface area (Å²) in [6.07, 6.45) is 5.73. The van der Waals surface area contributed by atoms with Gasteiger partial charge in [-0.05, 0) is 36.0 Å². The van der Waals surface area contributed by atoms with Crippen molar-refractivity contribution >= 4 is 5.96 Å². The molecule has 3 rings (SSSR count). The SMILES string of the molecule is NC(=NCc1ccc(Cn2ccccc2=O)cc1)NCC1CCC1. The van der Waals surface area contributed by atoms with Crippen LogP contribution in [0.4, 0.5) is 0 Å². The number of hydrogen-bond acceptors (Lipinski definition) is 2. The fourth-order valence-electron chi connectivity index (χ4n) is 2.72. The minimum absolute atomic E-state index is 0.0106. The molecule has 0 unspecified atom stereocenters. The quantitative estimate of drug-likeness (QED) is 0.631. The summed E-state index contributed by atoms with van der Waals surface area (Å²) in [5.74, 6) is 1.28. The fourth-order valence-corrected chi connectivity index (χ4v) is 2.72. The Kier molecular flexibility index (Phi) is 5.31. The van der Waals surface area contributed by atoms with Gasteiger partial charge >= 0.3 is 0 Å². The summed E-state index contributed by atoms with van der Waals surface area (Å²) in [6, 6.07) is 13.3. The van der Waals surface area contributed by atoms with Crippen LogP contribution in [-0.2, 0) is 13.1 Å². The first-order chi connectivity index (χ1) is 11.7. The fraction of sp³-hybridized carbons (Fsp3) is 0.368. The van der Waals surface area contributed by atoms with Gasteiger partial charge in [0.15, 0.2) is 5.96 Å². The van der Waals surface area contributed by atoms with E-state index in [1.165, 1.54) is 19.3 Å². The van der Waals surface area contributed by atoms with Crippen molar-refractivity contribution in [2.45, 2.75) is 32.4 Å². The molecule has 0 aliphatic heterocycles. The summed E-state index contributed by atoms with van der Waals surface area (Å²) in [5, 5.41) is 3.19. The first-order valence-corrected chi connectivity index (χ1v) is 8.48. The molecule has 1 aliphatic rings. The van der Waals surface area contributed by atoms with Crippen molar-refractivity contribution in [3.63, 3.8) is 0 Å². The van der Waals surface area contributed by atoms with Crippen LogP contribution in [-0.4, -0.2) is 17.1 Å². The van der Waals surface area contributed by atoms with E-state index in [-0.39, 0.29) is 5.56 Å². The van der Waals surface area contributed by atoms with Crippen LogP contribution in [0.3, 0.4) is 0 Å². The van der Waals surface area contributed by atoms with E-state index in [1.54, 1.807) is 22.9 Å². The monoisotopic (exact) mass is 324 g/mol. The summed E-state index contributed by atoms with van der Waals surface area (Å²) >= 11 is 0. The maximum absolute atomic E-state index is 11.7. The maximum atomic E-state index is 11.7. The zero-order valence-electron chi connectivity index (χ0n) is 13.8. The molecule has 0 amide bonds. The molecule has 0 radical (unpaired) electrons. The Hall–Kier alpha value is -2.56. The van der Waals surface area contributed by atoms with E-state index in [0.717, 1.165) is 23.6 Å². The second-order valence-corrected chi connectivity index (χ2v) is 6.36. The third-order valence-electron chi connectivity index (χ3n) is 4.50. The smallest absolute Gasteiger partial charge is 0.250 e. The van der Waals surface area contributed by atoms with Crippen LogP contribution in [0.5, 0.6) is 0 Å². The lowest BCUT2D eigenvalue weighted by molar-refractivity contribution is 0.315. The highest BCUT2D eigenvalue weighted by atomic mass is 16.1. The minimum Gasteiger partial charge on any atom is -0.370 e. The lowest BCUT2D eigenvalue weighted by Gasteiger charge is -2.25. The number of aromatic nitrogens is 1. The Labute approximate surface area is 142 Å². The molecule has 0 atom stereocenters. The van der Waals surface area contributed by atoms with Gasteiger partial charge in [-0.25, -0.2) is 4.99 Å². The van der Waals surface area contributed by atoms with Crippen LogP contribution < -0.4 is 16.6 Å². The van der Waals surface area contributed by atoms with Gasteiger partial charge < -0.3 is 15.6 Å². The van der Waals surface area contributed by atoms with Gasteiger partial charge in [-0.1, -0.05) is 36.8 Å². The van der Waals surface area contributed by atoms with Crippen LogP contribution in [0, 0.1) is 5.92 Å². The highest BCUT2D eigenvalue weighted by Crippen LogP contribution is 2.24. The first kappa shape index (κ1) is 16.3. The Morgan fingerprint density at radius 2 is 1.92 bits per heavy atom. The molecule has 1 heterocycles. The maximum Gasteiger partial charge on any atom is 0.250 e. The molecule has 1 aliphatic carbocycles. The Bertz CT molecular complexity index is 744. The number of nitrogens with one attached hydrogen (secondary N) is 1. The molecule has 0 bridgehead atoms. The number of hydrogen-bond donors (Lipinski definition) is 2. The van der Waals surface area contributed by atoms with Gasteiger partial charge in [0.2, 0.25) is 0 Å². The first-order valence-electron chi connectivity index (χ1n) is 8.48.